The Labute approximate surface area is 199 Å². The molecule has 5 heteroatoms. The van der Waals surface area contributed by atoms with Gasteiger partial charge in [0.25, 0.3) is 0 Å². The molecule has 1 amide bonds. The maximum Gasteiger partial charge on any atom is 0.209 e. The lowest BCUT2D eigenvalue weighted by Gasteiger charge is -2.22. The maximum atomic E-state index is 10.5. The lowest BCUT2D eigenvalue weighted by molar-refractivity contribution is -0.117. The van der Waals surface area contributed by atoms with Crippen molar-refractivity contribution in [2.45, 2.75) is 13.3 Å². The molecule has 4 nitrogen and oxygen atoms in total. The Morgan fingerprint density at radius 3 is 2.33 bits per heavy atom. The molecule has 0 unspecified atom stereocenters. The number of imidazole rings is 1. The second-order valence-corrected chi connectivity index (χ2v) is 8.29. The highest BCUT2D eigenvalue weighted by molar-refractivity contribution is 6.30. The van der Waals surface area contributed by atoms with E-state index >= 15 is 0 Å². The molecule has 166 valence electrons. The molecular formula is C28H26ClN3O. The highest BCUT2D eigenvalue weighted by Crippen LogP contribution is 2.25. The van der Waals surface area contributed by atoms with E-state index in [0.29, 0.717) is 0 Å². The highest BCUT2D eigenvalue weighted by atomic mass is 35.5. The fourth-order valence-electron chi connectivity index (χ4n) is 3.83. The molecule has 0 spiro atoms. The second-order valence-electron chi connectivity index (χ2n) is 7.86. The van der Waals surface area contributed by atoms with E-state index in [1.54, 1.807) is 4.90 Å². The van der Waals surface area contributed by atoms with E-state index < -0.39 is 0 Å². The Kier molecular flexibility index (Phi) is 7.38. The molecule has 4 aromatic rings. The molecule has 3 aromatic carbocycles. The molecule has 1 aliphatic heterocycles. The smallest absolute Gasteiger partial charge is 0.209 e. The van der Waals surface area contributed by atoms with Crippen LogP contribution in [0.2, 0.25) is 5.02 Å². The number of benzene rings is 3. The fraction of sp³-hybridized carbons (Fsp3) is 0.143. The minimum absolute atomic E-state index is 0.737. The van der Waals surface area contributed by atoms with Crippen LogP contribution in [0.25, 0.3) is 22.6 Å². The molecule has 0 aliphatic carbocycles. The summed E-state index contributed by atoms with van der Waals surface area (Å²) in [6.45, 7) is 3.67. The number of hydrogen-bond donors (Lipinski definition) is 0. The first-order valence-electron chi connectivity index (χ1n) is 10.9. The maximum absolute atomic E-state index is 10.5. The predicted octanol–water partition coefficient (Wildman–Crippen LogP) is 6.43. The summed E-state index contributed by atoms with van der Waals surface area (Å²) in [6, 6.07) is 26.3. The van der Waals surface area contributed by atoms with Gasteiger partial charge < -0.3 is 4.90 Å². The van der Waals surface area contributed by atoms with Gasteiger partial charge in [-0.05, 0) is 54.3 Å². The van der Waals surface area contributed by atoms with E-state index in [1.807, 2.05) is 67.0 Å². The molecule has 0 saturated carbocycles. The predicted molar refractivity (Wildman–Crippen MR) is 135 cm³/mol. The van der Waals surface area contributed by atoms with Crippen molar-refractivity contribution in [3.8, 4) is 17.1 Å². The molecule has 0 N–H and O–H groups in total. The van der Waals surface area contributed by atoms with E-state index in [-0.39, 0.29) is 0 Å². The van der Waals surface area contributed by atoms with Crippen LogP contribution in [-0.4, -0.2) is 34.0 Å². The average molecular weight is 456 g/mol. The summed E-state index contributed by atoms with van der Waals surface area (Å²) in [5.41, 5.74) is 6.04. The van der Waals surface area contributed by atoms with Crippen molar-refractivity contribution in [2.24, 2.45) is 0 Å². The number of nitrogens with zero attached hydrogens (tertiary/aromatic N) is 3. The summed E-state index contributed by atoms with van der Waals surface area (Å²) in [7, 11) is 0. The summed E-state index contributed by atoms with van der Waals surface area (Å²) in [4.78, 5) is 16.8. The monoisotopic (exact) mass is 455 g/mol. The molecule has 0 radical (unpaired) electrons. The number of carbonyl (C=O) groups is 1. The largest absolute Gasteiger partial charge is 0.341 e. The summed E-state index contributed by atoms with van der Waals surface area (Å²) in [5.74, 6) is 0.945. The standard InChI is InChI=1S/C16H13ClN2.C12H13NO/c1-12-4-2-3-5-15(12)16-18-10-11-19(16)14-8-6-13(17)7-9-14;14-10-13-8-6-12(7-9-13)11-4-2-1-3-5-11/h2-11H,1H3;1-6,10H,7-9H2. The van der Waals surface area contributed by atoms with Crippen LogP contribution in [-0.2, 0) is 4.79 Å². The number of rotatable bonds is 4. The van der Waals surface area contributed by atoms with E-state index in [9.17, 15) is 4.79 Å². The molecule has 1 aliphatic rings. The first-order chi connectivity index (χ1) is 16.2. The summed E-state index contributed by atoms with van der Waals surface area (Å²) >= 11 is 5.93. The van der Waals surface area contributed by atoms with Gasteiger partial charge in [-0.2, -0.15) is 0 Å². The van der Waals surface area contributed by atoms with Crippen molar-refractivity contribution in [3.05, 3.63) is 113 Å². The van der Waals surface area contributed by atoms with Gasteiger partial charge in [0, 0.05) is 41.8 Å². The van der Waals surface area contributed by atoms with Crippen molar-refractivity contribution in [3.63, 3.8) is 0 Å². The van der Waals surface area contributed by atoms with Crippen molar-refractivity contribution in [1.29, 1.82) is 0 Å². The van der Waals surface area contributed by atoms with Gasteiger partial charge in [0.2, 0.25) is 6.41 Å². The van der Waals surface area contributed by atoms with Crippen LogP contribution in [0.1, 0.15) is 17.5 Å². The van der Waals surface area contributed by atoms with Crippen LogP contribution in [0, 0.1) is 6.92 Å². The van der Waals surface area contributed by atoms with Gasteiger partial charge in [0.15, 0.2) is 0 Å². The van der Waals surface area contributed by atoms with Gasteiger partial charge in [0.1, 0.15) is 5.82 Å². The van der Waals surface area contributed by atoms with Gasteiger partial charge >= 0.3 is 0 Å². The zero-order valence-electron chi connectivity index (χ0n) is 18.6. The Balaban J connectivity index is 0.000000165. The zero-order valence-corrected chi connectivity index (χ0v) is 19.3. The summed E-state index contributed by atoms with van der Waals surface area (Å²) in [5, 5.41) is 0.737. The Hall–Kier alpha value is -3.63. The van der Waals surface area contributed by atoms with Crippen LogP contribution in [0.15, 0.2) is 97.3 Å². The Bertz CT molecular complexity index is 1230. The minimum atomic E-state index is 0.737. The van der Waals surface area contributed by atoms with E-state index in [0.717, 1.165) is 48.0 Å². The van der Waals surface area contributed by atoms with Crippen LogP contribution in [0.3, 0.4) is 0 Å². The second kappa shape index (κ2) is 10.8. The Morgan fingerprint density at radius 2 is 1.67 bits per heavy atom. The van der Waals surface area contributed by atoms with Crippen molar-refractivity contribution in [1.82, 2.24) is 14.5 Å². The van der Waals surface area contributed by atoms with E-state index in [2.05, 4.69) is 46.8 Å². The third-order valence-corrected chi connectivity index (χ3v) is 5.92. The molecule has 0 saturated heterocycles. The van der Waals surface area contributed by atoms with Crippen LogP contribution < -0.4 is 0 Å². The lowest BCUT2D eigenvalue weighted by atomic mass is 10.00. The number of halogens is 1. The van der Waals surface area contributed by atoms with Crippen molar-refractivity contribution in [2.75, 3.05) is 13.1 Å². The number of aryl methyl sites for hydroxylation is 1. The fourth-order valence-corrected chi connectivity index (χ4v) is 3.96. The van der Waals surface area contributed by atoms with Gasteiger partial charge in [-0.15, -0.1) is 0 Å². The highest BCUT2D eigenvalue weighted by Gasteiger charge is 2.10. The average Bonchev–Trinajstić information content (AvgIpc) is 3.35. The third kappa shape index (κ3) is 5.60. The molecule has 33 heavy (non-hydrogen) atoms. The number of aromatic nitrogens is 2. The zero-order chi connectivity index (χ0) is 23.0. The van der Waals surface area contributed by atoms with Crippen molar-refractivity contribution < 1.29 is 4.79 Å². The molecule has 0 atom stereocenters. The summed E-state index contributed by atoms with van der Waals surface area (Å²) < 4.78 is 2.07. The summed E-state index contributed by atoms with van der Waals surface area (Å²) in [6.07, 6.45) is 7.79. The first-order valence-corrected chi connectivity index (χ1v) is 11.3. The van der Waals surface area contributed by atoms with Crippen LogP contribution >= 0.6 is 11.6 Å². The number of hydrogen-bond acceptors (Lipinski definition) is 2. The van der Waals surface area contributed by atoms with E-state index in [4.69, 9.17) is 11.6 Å². The van der Waals surface area contributed by atoms with Crippen molar-refractivity contribution >= 4 is 23.6 Å². The molecule has 2 heterocycles. The van der Waals surface area contributed by atoms with Gasteiger partial charge in [-0.25, -0.2) is 4.98 Å². The molecular weight excluding hydrogens is 430 g/mol. The van der Waals surface area contributed by atoms with Crippen LogP contribution in [0.4, 0.5) is 0 Å². The number of carbonyl (C=O) groups excluding carboxylic acids is 1. The van der Waals surface area contributed by atoms with Crippen LogP contribution in [0.5, 0.6) is 0 Å². The molecule has 5 rings (SSSR count). The van der Waals surface area contributed by atoms with Gasteiger partial charge in [-0.1, -0.05) is 72.3 Å². The molecule has 0 bridgehead atoms. The van der Waals surface area contributed by atoms with Gasteiger partial charge in [-0.3, -0.25) is 9.36 Å². The molecule has 0 fully saturated rings. The first kappa shape index (κ1) is 22.6. The lowest BCUT2D eigenvalue weighted by Crippen LogP contribution is -2.26. The Morgan fingerprint density at radius 1 is 0.939 bits per heavy atom. The quantitative estimate of drug-likeness (QED) is 0.332. The SMILES string of the molecule is Cc1ccccc1-c1nccn1-c1ccc(Cl)cc1.O=CN1CC=C(c2ccccc2)CC1. The number of amides is 1. The van der Waals surface area contributed by atoms with Gasteiger partial charge in [0.05, 0.1) is 0 Å². The topological polar surface area (TPSA) is 38.1 Å². The third-order valence-electron chi connectivity index (χ3n) is 5.67. The molecule has 1 aromatic heterocycles. The minimum Gasteiger partial charge on any atom is -0.341 e. The van der Waals surface area contributed by atoms with E-state index in [1.165, 1.54) is 16.7 Å². The normalized spacial score (nSPS) is 13.0.